The largest absolute Gasteiger partial charge is 0.372 e. The van der Waals surface area contributed by atoms with Crippen LogP contribution in [-0.2, 0) is 4.79 Å². The molecule has 5 heteroatoms. The molecule has 4 nitrogen and oxygen atoms in total. The summed E-state index contributed by atoms with van der Waals surface area (Å²) in [6, 6.07) is 1.62. The molecule has 1 heterocycles. The second kappa shape index (κ2) is 4.34. The van der Waals surface area contributed by atoms with Crippen molar-refractivity contribution in [1.82, 2.24) is 5.32 Å². The van der Waals surface area contributed by atoms with Crippen LogP contribution in [0.15, 0.2) is 39.8 Å². The Bertz CT molecular complexity index is 547. The molecule has 1 N–H and O–H groups in total. The van der Waals surface area contributed by atoms with Gasteiger partial charge in [0.1, 0.15) is 18.3 Å². The third-order valence-corrected chi connectivity index (χ3v) is 2.64. The van der Waals surface area contributed by atoms with E-state index in [4.69, 9.17) is 5.26 Å². The molecule has 0 bridgehead atoms. The summed E-state index contributed by atoms with van der Waals surface area (Å²) in [6.45, 7) is 2.05. The van der Waals surface area contributed by atoms with Crippen molar-refractivity contribution < 1.29 is 9.18 Å². The summed E-state index contributed by atoms with van der Waals surface area (Å²) in [4.78, 5) is 15.6. The Balaban J connectivity index is 2.53. The van der Waals surface area contributed by atoms with Gasteiger partial charge in [-0.2, -0.15) is 5.26 Å². The molecule has 0 saturated carbocycles. The number of allylic oxidation sites excluding steroid dienone is 5. The van der Waals surface area contributed by atoms with Gasteiger partial charge in [0.2, 0.25) is 0 Å². The van der Waals surface area contributed by atoms with Crippen molar-refractivity contribution in [3.05, 3.63) is 34.8 Å². The number of nitrogens with zero attached hydrogens (tertiary/aromatic N) is 2. The average molecular weight is 231 g/mol. The lowest BCUT2D eigenvalue weighted by Gasteiger charge is -2.18. The molecule has 0 saturated heterocycles. The number of Topliss-reactive ketones (excluding diaryl/α,β-unsaturated/α-hetero) is 1. The Hall–Kier alpha value is -2.22. The molecule has 1 aliphatic carbocycles. The lowest BCUT2D eigenvalue weighted by atomic mass is 9.89. The molecule has 0 spiro atoms. The fourth-order valence-electron chi connectivity index (χ4n) is 1.83. The van der Waals surface area contributed by atoms with Gasteiger partial charge >= 0.3 is 0 Å². The van der Waals surface area contributed by atoms with Gasteiger partial charge in [0.05, 0.1) is 5.71 Å². The van der Waals surface area contributed by atoms with E-state index in [0.29, 0.717) is 18.0 Å². The summed E-state index contributed by atoms with van der Waals surface area (Å²) in [7, 11) is 0. The molecule has 2 rings (SSSR count). The van der Waals surface area contributed by atoms with Crippen LogP contribution in [0.5, 0.6) is 0 Å². The van der Waals surface area contributed by atoms with Crippen LogP contribution in [0.4, 0.5) is 4.39 Å². The number of carbonyl (C=O) groups is 1. The number of hydrogen-bond acceptors (Lipinski definition) is 4. The topological polar surface area (TPSA) is 65.2 Å². The Morgan fingerprint density at radius 3 is 2.94 bits per heavy atom. The van der Waals surface area contributed by atoms with Crippen LogP contribution in [-0.4, -0.2) is 18.2 Å². The van der Waals surface area contributed by atoms with Gasteiger partial charge in [-0.3, -0.25) is 9.79 Å². The van der Waals surface area contributed by atoms with Crippen LogP contribution < -0.4 is 5.32 Å². The molecule has 2 aliphatic rings. The zero-order valence-electron chi connectivity index (χ0n) is 9.25. The van der Waals surface area contributed by atoms with E-state index in [0.717, 1.165) is 0 Å². The molecule has 17 heavy (non-hydrogen) atoms. The van der Waals surface area contributed by atoms with Gasteiger partial charge in [-0.1, -0.05) is 5.57 Å². The second-order valence-corrected chi connectivity index (χ2v) is 3.79. The molecule has 0 aromatic heterocycles. The lowest BCUT2D eigenvalue weighted by Crippen LogP contribution is -2.20. The van der Waals surface area contributed by atoms with Gasteiger partial charge < -0.3 is 5.32 Å². The van der Waals surface area contributed by atoms with Gasteiger partial charge in [-0.15, -0.1) is 0 Å². The minimum absolute atomic E-state index is 0.0753. The smallest absolute Gasteiger partial charge is 0.180 e. The van der Waals surface area contributed by atoms with Gasteiger partial charge in [-0.05, 0) is 13.0 Å². The van der Waals surface area contributed by atoms with Crippen LogP contribution in [0.3, 0.4) is 0 Å². The standard InChI is InChI=1S/C12H10FN3O/c1-7-4-10(17)8(5-14)12(13)11(7)9-2-3-15-6-16-9/h2-3,15H,4,6H2,1H3. The minimum Gasteiger partial charge on any atom is -0.372 e. The molecule has 0 amide bonds. The molecule has 0 atom stereocenters. The first-order valence-corrected chi connectivity index (χ1v) is 5.13. The lowest BCUT2D eigenvalue weighted by molar-refractivity contribution is -0.114. The molecular formula is C12H10FN3O. The maximum atomic E-state index is 14.0. The van der Waals surface area contributed by atoms with E-state index in [2.05, 4.69) is 10.3 Å². The quantitative estimate of drug-likeness (QED) is 0.744. The van der Waals surface area contributed by atoms with Crippen molar-refractivity contribution in [2.75, 3.05) is 6.67 Å². The Kier molecular flexibility index (Phi) is 2.88. The number of nitrogens with one attached hydrogen (secondary N) is 1. The van der Waals surface area contributed by atoms with Crippen LogP contribution in [0, 0.1) is 11.3 Å². The molecule has 1 aliphatic heterocycles. The fraction of sp³-hybridized carbons (Fsp3) is 0.250. The van der Waals surface area contributed by atoms with Crippen molar-refractivity contribution in [1.29, 1.82) is 5.26 Å². The third-order valence-electron chi connectivity index (χ3n) is 2.64. The minimum atomic E-state index is -0.758. The number of halogens is 1. The van der Waals surface area contributed by atoms with E-state index in [-0.39, 0.29) is 12.0 Å². The predicted octanol–water partition coefficient (Wildman–Crippen LogP) is 1.54. The van der Waals surface area contributed by atoms with Gasteiger partial charge in [0.15, 0.2) is 11.6 Å². The van der Waals surface area contributed by atoms with Gasteiger partial charge in [0.25, 0.3) is 0 Å². The third kappa shape index (κ3) is 1.89. The summed E-state index contributed by atoms with van der Waals surface area (Å²) in [5.74, 6) is -1.23. The van der Waals surface area contributed by atoms with E-state index >= 15 is 0 Å². The van der Waals surface area contributed by atoms with Gasteiger partial charge in [0, 0.05) is 18.2 Å². The second-order valence-electron chi connectivity index (χ2n) is 3.79. The summed E-state index contributed by atoms with van der Waals surface area (Å²) in [5, 5.41) is 11.6. The van der Waals surface area contributed by atoms with Crippen LogP contribution in [0.2, 0.25) is 0 Å². The maximum Gasteiger partial charge on any atom is 0.180 e. The summed E-state index contributed by atoms with van der Waals surface area (Å²) in [6.07, 6.45) is 3.37. The highest BCUT2D eigenvalue weighted by atomic mass is 19.1. The fourth-order valence-corrected chi connectivity index (χ4v) is 1.83. The summed E-state index contributed by atoms with van der Waals surface area (Å²) in [5.41, 5.74) is 0.954. The number of aliphatic imine (C=N–C) groups is 1. The number of hydrogen-bond donors (Lipinski definition) is 1. The number of nitriles is 1. The van der Waals surface area contributed by atoms with E-state index in [1.165, 1.54) is 0 Å². The molecule has 0 aromatic rings. The average Bonchev–Trinajstić information content (AvgIpc) is 2.30. The van der Waals surface area contributed by atoms with E-state index in [9.17, 15) is 9.18 Å². The van der Waals surface area contributed by atoms with Crippen molar-refractivity contribution in [3.63, 3.8) is 0 Å². The Morgan fingerprint density at radius 2 is 2.35 bits per heavy atom. The highest BCUT2D eigenvalue weighted by Crippen LogP contribution is 2.30. The first kappa shape index (κ1) is 11.3. The molecule has 0 unspecified atom stereocenters. The number of carbonyl (C=O) groups excluding carboxylic acids is 1. The van der Waals surface area contributed by atoms with E-state index < -0.39 is 17.2 Å². The van der Waals surface area contributed by atoms with Crippen molar-refractivity contribution in [2.45, 2.75) is 13.3 Å². The zero-order valence-corrected chi connectivity index (χ0v) is 9.25. The van der Waals surface area contributed by atoms with Crippen molar-refractivity contribution in [2.24, 2.45) is 4.99 Å². The molecule has 86 valence electrons. The molecule has 0 aromatic carbocycles. The molecular weight excluding hydrogens is 221 g/mol. The number of rotatable bonds is 1. The first-order valence-electron chi connectivity index (χ1n) is 5.13. The van der Waals surface area contributed by atoms with Crippen molar-refractivity contribution >= 4 is 11.5 Å². The van der Waals surface area contributed by atoms with Gasteiger partial charge in [-0.25, -0.2) is 4.39 Å². The normalized spacial score (nSPS) is 20.1. The maximum absolute atomic E-state index is 14.0. The molecule has 0 fully saturated rings. The first-order chi connectivity index (χ1) is 8.15. The summed E-state index contributed by atoms with van der Waals surface area (Å²) >= 11 is 0. The van der Waals surface area contributed by atoms with E-state index in [1.54, 1.807) is 25.3 Å². The summed E-state index contributed by atoms with van der Waals surface area (Å²) < 4.78 is 14.0. The SMILES string of the molecule is CC1=C(C2=NCNC=C2)C(F)=C(C#N)C(=O)C1. The van der Waals surface area contributed by atoms with E-state index in [1.807, 2.05) is 0 Å². The monoisotopic (exact) mass is 231 g/mol. The Labute approximate surface area is 97.8 Å². The molecule has 0 radical (unpaired) electrons. The van der Waals surface area contributed by atoms with Crippen LogP contribution >= 0.6 is 0 Å². The number of ketones is 1. The highest BCUT2D eigenvalue weighted by molar-refractivity contribution is 6.16. The Morgan fingerprint density at radius 1 is 1.59 bits per heavy atom. The predicted molar refractivity (Wildman–Crippen MR) is 60.6 cm³/mol. The highest BCUT2D eigenvalue weighted by Gasteiger charge is 2.28. The van der Waals surface area contributed by atoms with Crippen molar-refractivity contribution in [3.8, 4) is 6.07 Å². The van der Waals surface area contributed by atoms with Crippen LogP contribution in [0.1, 0.15) is 13.3 Å². The van der Waals surface area contributed by atoms with Crippen LogP contribution in [0.25, 0.3) is 0 Å². The zero-order chi connectivity index (χ0) is 12.4.